The van der Waals surface area contributed by atoms with Crippen molar-refractivity contribution in [1.29, 1.82) is 0 Å². The number of hydrogen-bond acceptors (Lipinski definition) is 5. The molecule has 4 bridgehead atoms. The van der Waals surface area contributed by atoms with Crippen molar-refractivity contribution >= 4 is 22.4 Å². The maximum Gasteiger partial charge on any atom is 0.257 e. The zero-order valence-corrected chi connectivity index (χ0v) is 17.6. The molecule has 30 heavy (non-hydrogen) atoms. The molecule has 4 saturated carbocycles. The van der Waals surface area contributed by atoms with Crippen LogP contribution in [0.15, 0.2) is 42.7 Å². The van der Waals surface area contributed by atoms with Gasteiger partial charge in [0.15, 0.2) is 0 Å². The monoisotopic (exact) mass is 419 g/mol. The van der Waals surface area contributed by atoms with Gasteiger partial charge in [0, 0.05) is 23.4 Å². The van der Waals surface area contributed by atoms with Crippen LogP contribution in [-0.2, 0) is 12.0 Å². The second-order valence-electron chi connectivity index (χ2n) is 9.46. The largest absolute Gasteiger partial charge is 0.296 e. The normalized spacial score (nSPS) is 29.3. The molecule has 4 fully saturated rings. The molecule has 0 atom stereocenters. The van der Waals surface area contributed by atoms with Gasteiger partial charge in [-0.25, -0.2) is 0 Å². The van der Waals surface area contributed by atoms with Crippen LogP contribution in [0.4, 0.5) is 5.13 Å². The maximum absolute atomic E-state index is 12.7. The highest BCUT2D eigenvalue weighted by atomic mass is 32.1. The summed E-state index contributed by atoms with van der Waals surface area (Å²) < 4.78 is 1.86. The minimum absolute atomic E-state index is 0.131. The number of carbonyl (C=O) groups excluding carboxylic acids is 1. The molecule has 154 valence electrons. The van der Waals surface area contributed by atoms with E-state index in [9.17, 15) is 4.79 Å². The topological polar surface area (TPSA) is 72.7 Å². The first-order valence-electron chi connectivity index (χ1n) is 10.9. The third-order valence-corrected chi connectivity index (χ3v) is 8.34. The highest BCUT2D eigenvalue weighted by Gasteiger charge is 2.53. The van der Waals surface area contributed by atoms with Gasteiger partial charge in [-0.15, -0.1) is 10.2 Å². The Bertz CT molecular complexity index is 1020. The number of rotatable bonds is 5. The highest BCUT2D eigenvalue weighted by molar-refractivity contribution is 7.15. The molecule has 0 saturated heterocycles. The van der Waals surface area contributed by atoms with Crippen molar-refractivity contribution in [2.24, 2.45) is 17.8 Å². The molecule has 3 aromatic rings. The Labute approximate surface area is 179 Å². The van der Waals surface area contributed by atoms with Gasteiger partial charge in [-0.3, -0.25) is 14.8 Å². The Morgan fingerprint density at radius 1 is 1.07 bits per heavy atom. The van der Waals surface area contributed by atoms with Gasteiger partial charge in [-0.1, -0.05) is 23.5 Å². The summed E-state index contributed by atoms with van der Waals surface area (Å²) in [6.45, 7) is 0.694. The van der Waals surface area contributed by atoms with Gasteiger partial charge < -0.3 is 0 Å². The molecule has 0 aliphatic heterocycles. The van der Waals surface area contributed by atoms with Crippen LogP contribution >= 0.6 is 11.3 Å². The van der Waals surface area contributed by atoms with E-state index in [1.807, 2.05) is 41.2 Å². The molecule has 7 heteroatoms. The fourth-order valence-electron chi connectivity index (χ4n) is 6.37. The van der Waals surface area contributed by atoms with Gasteiger partial charge in [0.1, 0.15) is 5.01 Å². The van der Waals surface area contributed by atoms with Crippen molar-refractivity contribution in [2.75, 3.05) is 5.32 Å². The number of carbonyl (C=O) groups is 1. The smallest absolute Gasteiger partial charge is 0.257 e. The predicted octanol–water partition coefficient (Wildman–Crippen LogP) is 4.50. The van der Waals surface area contributed by atoms with Crippen LogP contribution in [0, 0.1) is 17.8 Å². The summed E-state index contributed by atoms with van der Waals surface area (Å²) in [5.74, 6) is 2.49. The van der Waals surface area contributed by atoms with Crippen molar-refractivity contribution in [2.45, 2.75) is 50.5 Å². The molecule has 7 rings (SSSR count). The van der Waals surface area contributed by atoms with E-state index < -0.39 is 0 Å². The Kier molecular flexibility index (Phi) is 4.26. The van der Waals surface area contributed by atoms with Gasteiger partial charge in [0.05, 0.1) is 6.54 Å². The average molecular weight is 420 g/mol. The number of nitrogens with zero attached hydrogens (tertiary/aromatic N) is 4. The van der Waals surface area contributed by atoms with E-state index in [0.717, 1.165) is 28.3 Å². The first-order chi connectivity index (χ1) is 14.6. The summed E-state index contributed by atoms with van der Waals surface area (Å²) in [5.41, 5.74) is 1.96. The molecule has 0 radical (unpaired) electrons. The Balaban J connectivity index is 1.14. The van der Waals surface area contributed by atoms with Crippen LogP contribution in [-0.4, -0.2) is 25.9 Å². The van der Waals surface area contributed by atoms with Gasteiger partial charge >= 0.3 is 0 Å². The van der Waals surface area contributed by atoms with E-state index in [1.54, 1.807) is 17.5 Å². The number of aromatic nitrogens is 4. The number of benzene rings is 1. The maximum atomic E-state index is 12.7. The summed E-state index contributed by atoms with van der Waals surface area (Å²) in [6.07, 6.45) is 11.7. The number of nitrogens with one attached hydrogen (secondary N) is 1. The molecule has 4 aliphatic carbocycles. The Morgan fingerprint density at radius 3 is 2.40 bits per heavy atom. The molecular formula is C23H25N5OS. The first-order valence-corrected chi connectivity index (χ1v) is 11.7. The van der Waals surface area contributed by atoms with Crippen LogP contribution in [0.5, 0.6) is 0 Å². The lowest BCUT2D eigenvalue weighted by Gasteiger charge is -2.55. The van der Waals surface area contributed by atoms with Crippen molar-refractivity contribution < 1.29 is 4.79 Å². The molecule has 2 aromatic heterocycles. The lowest BCUT2D eigenvalue weighted by molar-refractivity contribution is -0.00555. The van der Waals surface area contributed by atoms with E-state index in [4.69, 9.17) is 0 Å². The summed E-state index contributed by atoms with van der Waals surface area (Å²) in [4.78, 5) is 12.7. The highest BCUT2D eigenvalue weighted by Crippen LogP contribution is 2.61. The standard InChI is InChI=1S/C23H25N5OS/c29-20(19-4-2-15(3-5-19)14-28-7-1-6-24-28)25-22-27-26-21(30-22)23-11-16-8-17(12-23)10-18(9-16)13-23/h1-7,16-18H,8-14H2,(H,25,27,29). The molecule has 2 heterocycles. The van der Waals surface area contributed by atoms with Crippen LogP contribution < -0.4 is 5.32 Å². The zero-order chi connectivity index (χ0) is 20.1. The van der Waals surface area contributed by atoms with Gasteiger partial charge in [-0.05, 0) is 80.0 Å². The molecule has 4 aliphatic rings. The molecule has 1 aromatic carbocycles. The fourth-order valence-corrected chi connectivity index (χ4v) is 7.33. The second kappa shape index (κ2) is 7.01. The molecule has 6 nitrogen and oxygen atoms in total. The van der Waals surface area contributed by atoms with Crippen molar-refractivity contribution in [3.8, 4) is 0 Å². The Morgan fingerprint density at radius 2 is 1.77 bits per heavy atom. The van der Waals surface area contributed by atoms with E-state index in [2.05, 4.69) is 20.6 Å². The number of hydrogen-bond donors (Lipinski definition) is 1. The molecule has 1 N–H and O–H groups in total. The minimum Gasteiger partial charge on any atom is -0.296 e. The van der Waals surface area contributed by atoms with Gasteiger partial charge in [-0.2, -0.15) is 5.10 Å². The summed E-state index contributed by atoms with van der Waals surface area (Å²) >= 11 is 1.58. The van der Waals surface area contributed by atoms with Gasteiger partial charge in [0.25, 0.3) is 5.91 Å². The number of amides is 1. The SMILES string of the molecule is O=C(Nc1nnc(C23CC4CC(CC(C4)C2)C3)s1)c1ccc(Cn2cccn2)cc1. The van der Waals surface area contributed by atoms with E-state index in [0.29, 0.717) is 17.2 Å². The van der Waals surface area contributed by atoms with E-state index in [1.165, 1.54) is 38.5 Å². The summed E-state index contributed by atoms with van der Waals surface area (Å²) in [5, 5.41) is 17.8. The van der Waals surface area contributed by atoms with Crippen molar-refractivity contribution in [3.63, 3.8) is 0 Å². The quantitative estimate of drug-likeness (QED) is 0.661. The van der Waals surface area contributed by atoms with Crippen molar-refractivity contribution in [1.82, 2.24) is 20.0 Å². The first kappa shape index (κ1) is 18.2. The molecule has 0 spiro atoms. The lowest BCUT2D eigenvalue weighted by Crippen LogP contribution is -2.48. The average Bonchev–Trinajstić information content (AvgIpc) is 3.40. The van der Waals surface area contributed by atoms with E-state index >= 15 is 0 Å². The molecule has 0 unspecified atom stereocenters. The lowest BCUT2D eigenvalue weighted by atomic mass is 9.50. The molecule has 1 amide bonds. The second-order valence-corrected chi connectivity index (χ2v) is 10.4. The predicted molar refractivity (Wildman–Crippen MR) is 115 cm³/mol. The zero-order valence-electron chi connectivity index (χ0n) is 16.8. The summed E-state index contributed by atoms with van der Waals surface area (Å²) in [6, 6.07) is 9.56. The molecular weight excluding hydrogens is 394 g/mol. The van der Waals surface area contributed by atoms with Crippen LogP contribution in [0.2, 0.25) is 0 Å². The van der Waals surface area contributed by atoms with Crippen LogP contribution in [0.25, 0.3) is 0 Å². The van der Waals surface area contributed by atoms with Crippen LogP contribution in [0.3, 0.4) is 0 Å². The van der Waals surface area contributed by atoms with Crippen molar-refractivity contribution in [3.05, 3.63) is 58.9 Å². The third-order valence-electron chi connectivity index (χ3n) is 7.26. The minimum atomic E-state index is -0.131. The summed E-state index contributed by atoms with van der Waals surface area (Å²) in [7, 11) is 0. The van der Waals surface area contributed by atoms with E-state index in [-0.39, 0.29) is 11.3 Å². The van der Waals surface area contributed by atoms with Gasteiger partial charge in [0.2, 0.25) is 5.13 Å². The fraction of sp³-hybridized carbons (Fsp3) is 0.478. The number of anilines is 1. The third kappa shape index (κ3) is 3.25. The van der Waals surface area contributed by atoms with Crippen LogP contribution in [0.1, 0.15) is 59.5 Å². The Hall–Kier alpha value is -2.54.